The predicted molar refractivity (Wildman–Crippen MR) is 110 cm³/mol. The van der Waals surface area contributed by atoms with Gasteiger partial charge >= 0.3 is 6.09 Å². The van der Waals surface area contributed by atoms with Gasteiger partial charge in [-0.25, -0.2) is 4.79 Å². The lowest BCUT2D eigenvalue weighted by molar-refractivity contribution is -0.0432. The smallest absolute Gasteiger partial charge is 0.407 e. The molecule has 2 N–H and O–H groups in total. The zero-order chi connectivity index (χ0) is 20.1. The molecule has 1 amide bonds. The average Bonchev–Trinajstić information content (AvgIpc) is 3.25. The Morgan fingerprint density at radius 2 is 2.07 bits per heavy atom. The Kier molecular flexibility index (Phi) is 7.04. The van der Waals surface area contributed by atoms with Crippen molar-refractivity contribution in [2.75, 3.05) is 45.9 Å². The van der Waals surface area contributed by atoms with Crippen LogP contribution in [0.3, 0.4) is 0 Å². The van der Waals surface area contributed by atoms with E-state index >= 15 is 0 Å². The summed E-state index contributed by atoms with van der Waals surface area (Å²) in [7, 11) is 0. The van der Waals surface area contributed by atoms with Crippen LogP contribution in [0.25, 0.3) is 0 Å². The van der Waals surface area contributed by atoms with Gasteiger partial charge in [0.05, 0.1) is 25.3 Å². The summed E-state index contributed by atoms with van der Waals surface area (Å²) < 4.78 is 11.4. The summed E-state index contributed by atoms with van der Waals surface area (Å²) >= 11 is 0. The standard InChI is InChI=1S/C20H37N5O3/c1-5-21-18(22-11-17-13-24-9-6-7-16(24)14-27-17)25-10-8-15(12-25)23-19(26)28-20(2,3)4/h15-17H,5-14H2,1-4H3,(H,21,22)(H,23,26). The number of amides is 1. The SMILES string of the molecule is CCNC(=NCC1CN2CCCC2CO1)N1CCC(NC(=O)OC(C)(C)C)C1. The van der Waals surface area contributed by atoms with Gasteiger partial charge in [0.25, 0.3) is 0 Å². The molecule has 0 aromatic heterocycles. The molecule has 3 aliphatic rings. The van der Waals surface area contributed by atoms with Gasteiger partial charge in [-0.1, -0.05) is 0 Å². The quantitative estimate of drug-likeness (QED) is 0.554. The van der Waals surface area contributed by atoms with Crippen molar-refractivity contribution in [3.05, 3.63) is 0 Å². The molecule has 3 heterocycles. The molecule has 0 aromatic carbocycles. The zero-order valence-electron chi connectivity index (χ0n) is 17.9. The maximum Gasteiger partial charge on any atom is 0.407 e. The second-order valence-electron chi connectivity index (χ2n) is 9.02. The van der Waals surface area contributed by atoms with Gasteiger partial charge in [0.15, 0.2) is 5.96 Å². The molecular weight excluding hydrogens is 358 g/mol. The van der Waals surface area contributed by atoms with Gasteiger partial charge in [-0.05, 0) is 53.5 Å². The first-order valence-electron chi connectivity index (χ1n) is 10.7. The van der Waals surface area contributed by atoms with E-state index in [-0.39, 0.29) is 18.2 Å². The lowest BCUT2D eigenvalue weighted by Crippen LogP contribution is -2.48. The largest absolute Gasteiger partial charge is 0.444 e. The lowest BCUT2D eigenvalue weighted by Gasteiger charge is -2.34. The predicted octanol–water partition coefficient (Wildman–Crippen LogP) is 1.41. The van der Waals surface area contributed by atoms with Crippen LogP contribution in [0.1, 0.15) is 47.0 Å². The number of hydrogen-bond acceptors (Lipinski definition) is 5. The first-order chi connectivity index (χ1) is 13.3. The fraction of sp³-hybridized carbons (Fsp3) is 0.900. The van der Waals surface area contributed by atoms with E-state index in [0.29, 0.717) is 12.6 Å². The monoisotopic (exact) mass is 395 g/mol. The van der Waals surface area contributed by atoms with E-state index in [1.807, 2.05) is 20.8 Å². The molecule has 28 heavy (non-hydrogen) atoms. The van der Waals surface area contributed by atoms with Crippen LogP contribution >= 0.6 is 0 Å². The summed E-state index contributed by atoms with van der Waals surface area (Å²) in [4.78, 5) is 21.6. The molecule has 0 saturated carbocycles. The number of morpholine rings is 1. The Labute approximate surface area is 169 Å². The third-order valence-electron chi connectivity index (χ3n) is 5.45. The number of rotatable bonds is 4. The molecule has 0 bridgehead atoms. The molecule has 3 aliphatic heterocycles. The van der Waals surface area contributed by atoms with Crippen LogP contribution in [-0.4, -0.2) is 91.5 Å². The minimum atomic E-state index is -0.479. The molecule has 8 nitrogen and oxygen atoms in total. The molecule has 3 fully saturated rings. The van der Waals surface area contributed by atoms with Gasteiger partial charge < -0.3 is 25.0 Å². The summed E-state index contributed by atoms with van der Waals surface area (Å²) in [6, 6.07) is 0.696. The third kappa shape index (κ3) is 5.98. The number of carbonyl (C=O) groups is 1. The molecule has 8 heteroatoms. The highest BCUT2D eigenvalue weighted by Gasteiger charge is 2.32. The molecule has 160 valence electrons. The second kappa shape index (κ2) is 9.31. The summed E-state index contributed by atoms with van der Waals surface area (Å²) in [6.45, 7) is 13.8. The van der Waals surface area contributed by atoms with Crippen LogP contribution < -0.4 is 10.6 Å². The molecule has 3 unspecified atom stereocenters. The van der Waals surface area contributed by atoms with Crippen molar-refractivity contribution in [3.8, 4) is 0 Å². The van der Waals surface area contributed by atoms with Crippen molar-refractivity contribution in [3.63, 3.8) is 0 Å². The molecule has 0 aromatic rings. The number of carbonyl (C=O) groups excluding carboxylic acids is 1. The second-order valence-corrected chi connectivity index (χ2v) is 9.02. The Balaban J connectivity index is 1.49. The van der Waals surface area contributed by atoms with E-state index < -0.39 is 5.60 Å². The Morgan fingerprint density at radius 3 is 2.82 bits per heavy atom. The van der Waals surface area contributed by atoms with Crippen molar-refractivity contribution in [2.45, 2.75) is 70.7 Å². The first kappa shape index (κ1) is 21.2. The Bertz CT molecular complexity index is 563. The molecule has 3 atom stereocenters. The zero-order valence-corrected chi connectivity index (χ0v) is 17.9. The Morgan fingerprint density at radius 1 is 1.25 bits per heavy atom. The molecule has 0 spiro atoms. The van der Waals surface area contributed by atoms with E-state index in [0.717, 1.165) is 45.2 Å². The van der Waals surface area contributed by atoms with Crippen LogP contribution in [-0.2, 0) is 9.47 Å². The molecule has 3 rings (SSSR count). The average molecular weight is 396 g/mol. The van der Waals surface area contributed by atoms with Crippen molar-refractivity contribution < 1.29 is 14.3 Å². The number of ether oxygens (including phenoxy) is 2. The number of likely N-dealkylation sites (tertiary alicyclic amines) is 1. The number of guanidine groups is 1. The summed E-state index contributed by atoms with van der Waals surface area (Å²) in [6.07, 6.45) is 3.25. The minimum absolute atomic E-state index is 0.0787. The highest BCUT2D eigenvalue weighted by Crippen LogP contribution is 2.22. The van der Waals surface area contributed by atoms with Gasteiger partial charge in [0.2, 0.25) is 0 Å². The lowest BCUT2D eigenvalue weighted by atomic mass is 10.2. The number of nitrogens with zero attached hydrogens (tertiary/aromatic N) is 3. The topological polar surface area (TPSA) is 78.4 Å². The van der Waals surface area contributed by atoms with E-state index in [1.54, 1.807) is 0 Å². The van der Waals surface area contributed by atoms with Crippen LogP contribution in [0, 0.1) is 0 Å². The van der Waals surface area contributed by atoms with Gasteiger partial charge in [-0.2, -0.15) is 0 Å². The van der Waals surface area contributed by atoms with E-state index in [9.17, 15) is 4.79 Å². The number of hydrogen-bond donors (Lipinski definition) is 2. The van der Waals surface area contributed by atoms with Crippen LogP contribution in [0.15, 0.2) is 4.99 Å². The van der Waals surface area contributed by atoms with E-state index in [1.165, 1.54) is 19.4 Å². The fourth-order valence-corrected chi connectivity index (χ4v) is 4.15. The molecule has 3 saturated heterocycles. The summed E-state index contributed by atoms with van der Waals surface area (Å²) in [5.41, 5.74) is -0.479. The Hall–Kier alpha value is -1.54. The van der Waals surface area contributed by atoms with Crippen LogP contribution in [0.2, 0.25) is 0 Å². The highest BCUT2D eigenvalue weighted by molar-refractivity contribution is 5.80. The first-order valence-corrected chi connectivity index (χ1v) is 10.7. The number of aliphatic imine (C=N–C) groups is 1. The number of alkyl carbamates (subject to hydrolysis) is 1. The van der Waals surface area contributed by atoms with Crippen LogP contribution in [0.5, 0.6) is 0 Å². The number of fused-ring (bicyclic) bond motifs is 1. The summed E-state index contributed by atoms with van der Waals surface area (Å²) in [5, 5.41) is 6.36. The van der Waals surface area contributed by atoms with Crippen molar-refractivity contribution in [1.82, 2.24) is 20.4 Å². The highest BCUT2D eigenvalue weighted by atomic mass is 16.6. The normalized spacial score (nSPS) is 28.9. The van der Waals surface area contributed by atoms with Gasteiger partial charge in [-0.3, -0.25) is 9.89 Å². The van der Waals surface area contributed by atoms with Crippen LogP contribution in [0.4, 0.5) is 4.79 Å². The van der Waals surface area contributed by atoms with Crippen molar-refractivity contribution in [2.24, 2.45) is 4.99 Å². The number of nitrogens with one attached hydrogen (secondary N) is 2. The molecule has 0 radical (unpaired) electrons. The van der Waals surface area contributed by atoms with Crippen molar-refractivity contribution >= 4 is 12.1 Å². The fourth-order valence-electron chi connectivity index (χ4n) is 4.15. The maximum atomic E-state index is 12.0. The maximum absolute atomic E-state index is 12.0. The van der Waals surface area contributed by atoms with Gasteiger partial charge in [0.1, 0.15) is 5.60 Å². The molecular formula is C20H37N5O3. The minimum Gasteiger partial charge on any atom is -0.444 e. The molecule has 0 aliphatic carbocycles. The summed E-state index contributed by atoms with van der Waals surface area (Å²) in [5.74, 6) is 0.906. The van der Waals surface area contributed by atoms with Crippen molar-refractivity contribution in [1.29, 1.82) is 0 Å². The third-order valence-corrected chi connectivity index (χ3v) is 5.45. The van der Waals surface area contributed by atoms with E-state index in [2.05, 4.69) is 27.4 Å². The van der Waals surface area contributed by atoms with E-state index in [4.69, 9.17) is 14.5 Å². The van der Waals surface area contributed by atoms with Gasteiger partial charge in [-0.15, -0.1) is 0 Å². The van der Waals surface area contributed by atoms with Gasteiger partial charge in [0, 0.05) is 32.2 Å².